The van der Waals surface area contributed by atoms with Crippen molar-refractivity contribution in [2.45, 2.75) is 50.3 Å². The topological polar surface area (TPSA) is 45.6 Å². The van der Waals surface area contributed by atoms with E-state index in [1.165, 1.54) is 19.3 Å². The molecular weight excluding hydrogens is 385 g/mol. The van der Waals surface area contributed by atoms with Gasteiger partial charge in [0.05, 0.1) is 0 Å². The third kappa shape index (κ3) is 8.56. The highest BCUT2D eigenvalue weighted by Crippen LogP contribution is 2.27. The first-order valence-electron chi connectivity index (χ1n) is 7.37. The minimum Gasteiger partial charge on any atom is -0.382 e. The van der Waals surface area contributed by atoms with Crippen molar-refractivity contribution in [2.24, 2.45) is 4.99 Å². The Bertz CT molecular complexity index is 267. The van der Waals surface area contributed by atoms with Crippen LogP contribution in [-0.2, 0) is 4.74 Å². The lowest BCUT2D eigenvalue weighted by Crippen LogP contribution is -2.42. The van der Waals surface area contributed by atoms with Gasteiger partial charge in [0, 0.05) is 38.1 Å². The van der Waals surface area contributed by atoms with Crippen LogP contribution < -0.4 is 10.6 Å². The molecule has 0 saturated heterocycles. The molecule has 0 aromatic rings. The standard InChI is InChI=1S/C14H29N3OS.HI/c1-4-18-10-6-5-9-16-14(15-2)17-12-7-8-13(11-12)19-3;/h12-13H,4-11H2,1-3H3,(H2,15,16,17);1H. The van der Waals surface area contributed by atoms with Gasteiger partial charge in [-0.05, 0) is 45.3 Å². The summed E-state index contributed by atoms with van der Waals surface area (Å²) in [5.74, 6) is 0.947. The molecule has 6 heteroatoms. The Balaban J connectivity index is 0.00000361. The van der Waals surface area contributed by atoms with Gasteiger partial charge in [-0.15, -0.1) is 24.0 Å². The summed E-state index contributed by atoms with van der Waals surface area (Å²) in [4.78, 5) is 4.29. The summed E-state index contributed by atoms with van der Waals surface area (Å²) in [5.41, 5.74) is 0. The van der Waals surface area contributed by atoms with Crippen LogP contribution in [-0.4, -0.2) is 50.3 Å². The minimum atomic E-state index is 0. The Labute approximate surface area is 145 Å². The summed E-state index contributed by atoms with van der Waals surface area (Å²) in [6, 6.07) is 0.590. The molecule has 2 N–H and O–H groups in total. The highest BCUT2D eigenvalue weighted by atomic mass is 127. The second-order valence-electron chi connectivity index (χ2n) is 4.92. The molecule has 0 heterocycles. The molecule has 1 aliphatic rings. The average Bonchev–Trinajstić information content (AvgIpc) is 2.89. The molecule has 120 valence electrons. The number of ether oxygens (including phenoxy) is 1. The highest BCUT2D eigenvalue weighted by molar-refractivity contribution is 14.0. The van der Waals surface area contributed by atoms with Crippen LogP contribution in [0.15, 0.2) is 4.99 Å². The van der Waals surface area contributed by atoms with Gasteiger partial charge in [-0.1, -0.05) is 0 Å². The van der Waals surface area contributed by atoms with E-state index >= 15 is 0 Å². The maximum atomic E-state index is 5.32. The van der Waals surface area contributed by atoms with Crippen LogP contribution in [0.1, 0.15) is 39.0 Å². The average molecular weight is 415 g/mol. The van der Waals surface area contributed by atoms with Gasteiger partial charge in [0.15, 0.2) is 5.96 Å². The van der Waals surface area contributed by atoms with Crippen molar-refractivity contribution >= 4 is 41.7 Å². The van der Waals surface area contributed by atoms with Crippen LogP contribution in [0.25, 0.3) is 0 Å². The fourth-order valence-corrected chi connectivity index (χ4v) is 3.15. The van der Waals surface area contributed by atoms with Crippen LogP contribution in [0.2, 0.25) is 0 Å². The molecule has 0 amide bonds. The van der Waals surface area contributed by atoms with E-state index in [1.807, 2.05) is 25.7 Å². The molecular formula is C14H30IN3OS. The summed E-state index contributed by atoms with van der Waals surface area (Å²) in [7, 11) is 1.84. The number of rotatable bonds is 8. The van der Waals surface area contributed by atoms with E-state index in [-0.39, 0.29) is 24.0 Å². The first kappa shape index (κ1) is 20.3. The van der Waals surface area contributed by atoms with Gasteiger partial charge in [-0.2, -0.15) is 11.8 Å². The first-order valence-corrected chi connectivity index (χ1v) is 8.66. The van der Waals surface area contributed by atoms with E-state index in [1.54, 1.807) is 0 Å². The number of aliphatic imine (C=N–C) groups is 1. The molecule has 20 heavy (non-hydrogen) atoms. The largest absolute Gasteiger partial charge is 0.382 e. The van der Waals surface area contributed by atoms with Crippen molar-refractivity contribution < 1.29 is 4.74 Å². The molecule has 1 fully saturated rings. The molecule has 0 radical (unpaired) electrons. The molecule has 0 bridgehead atoms. The van der Waals surface area contributed by atoms with E-state index in [0.29, 0.717) is 6.04 Å². The number of nitrogens with one attached hydrogen (secondary N) is 2. The van der Waals surface area contributed by atoms with Gasteiger partial charge in [0.25, 0.3) is 0 Å². The molecule has 0 aromatic carbocycles. The Morgan fingerprint density at radius 2 is 2.15 bits per heavy atom. The van der Waals surface area contributed by atoms with Gasteiger partial charge in [-0.3, -0.25) is 4.99 Å². The molecule has 1 rings (SSSR count). The summed E-state index contributed by atoms with van der Waals surface area (Å²) < 4.78 is 5.32. The molecule has 2 unspecified atom stereocenters. The summed E-state index contributed by atoms with van der Waals surface area (Å²) >= 11 is 1.99. The van der Waals surface area contributed by atoms with Crippen molar-refractivity contribution in [3.63, 3.8) is 0 Å². The fraction of sp³-hybridized carbons (Fsp3) is 0.929. The van der Waals surface area contributed by atoms with E-state index in [4.69, 9.17) is 4.74 Å². The van der Waals surface area contributed by atoms with Crippen molar-refractivity contribution in [2.75, 3.05) is 33.1 Å². The maximum Gasteiger partial charge on any atom is 0.191 e. The monoisotopic (exact) mass is 415 g/mol. The molecule has 1 saturated carbocycles. The lowest BCUT2D eigenvalue weighted by atomic mass is 10.2. The summed E-state index contributed by atoms with van der Waals surface area (Å²) in [6.07, 6.45) is 8.28. The van der Waals surface area contributed by atoms with E-state index in [0.717, 1.165) is 43.8 Å². The van der Waals surface area contributed by atoms with Crippen molar-refractivity contribution in [3.05, 3.63) is 0 Å². The lowest BCUT2D eigenvalue weighted by Gasteiger charge is -2.17. The molecule has 1 aliphatic carbocycles. The zero-order valence-electron chi connectivity index (χ0n) is 13.0. The molecule has 0 aromatic heterocycles. The predicted molar refractivity (Wildman–Crippen MR) is 101 cm³/mol. The predicted octanol–water partition coefficient (Wildman–Crippen LogP) is 2.87. The first-order chi connectivity index (χ1) is 9.30. The minimum absolute atomic E-state index is 0. The fourth-order valence-electron chi connectivity index (χ4n) is 2.35. The molecule has 4 nitrogen and oxygen atoms in total. The molecule has 0 aliphatic heterocycles. The third-order valence-corrected chi connectivity index (χ3v) is 4.59. The van der Waals surface area contributed by atoms with E-state index in [9.17, 15) is 0 Å². The number of halogens is 1. The quantitative estimate of drug-likeness (QED) is 0.277. The maximum absolute atomic E-state index is 5.32. The van der Waals surface area contributed by atoms with Gasteiger partial charge in [-0.25, -0.2) is 0 Å². The normalized spacial score (nSPS) is 22.4. The summed E-state index contributed by atoms with van der Waals surface area (Å²) in [5, 5.41) is 7.73. The SMILES string of the molecule is CCOCCCCNC(=NC)NC1CCC(SC)C1.I. The number of thioether (sulfide) groups is 1. The number of unbranched alkanes of at least 4 members (excludes halogenated alkanes) is 1. The van der Waals surface area contributed by atoms with E-state index < -0.39 is 0 Å². The Morgan fingerprint density at radius 3 is 2.75 bits per heavy atom. The van der Waals surface area contributed by atoms with Crippen LogP contribution in [0, 0.1) is 0 Å². The van der Waals surface area contributed by atoms with Crippen LogP contribution >= 0.6 is 35.7 Å². The number of hydrogen-bond acceptors (Lipinski definition) is 3. The van der Waals surface area contributed by atoms with Crippen LogP contribution in [0.5, 0.6) is 0 Å². The zero-order chi connectivity index (χ0) is 13.9. The number of hydrogen-bond donors (Lipinski definition) is 2. The van der Waals surface area contributed by atoms with Gasteiger partial charge in [0.1, 0.15) is 0 Å². The Kier molecular flexibility index (Phi) is 13.2. The van der Waals surface area contributed by atoms with Crippen LogP contribution in [0.3, 0.4) is 0 Å². The van der Waals surface area contributed by atoms with Crippen molar-refractivity contribution in [3.8, 4) is 0 Å². The van der Waals surface area contributed by atoms with Crippen LogP contribution in [0.4, 0.5) is 0 Å². The highest BCUT2D eigenvalue weighted by Gasteiger charge is 2.24. The zero-order valence-corrected chi connectivity index (χ0v) is 16.1. The smallest absolute Gasteiger partial charge is 0.191 e. The van der Waals surface area contributed by atoms with Gasteiger partial charge >= 0.3 is 0 Å². The molecule has 2 atom stereocenters. The molecule has 0 spiro atoms. The van der Waals surface area contributed by atoms with Gasteiger partial charge < -0.3 is 15.4 Å². The number of nitrogens with zero attached hydrogens (tertiary/aromatic N) is 1. The van der Waals surface area contributed by atoms with Gasteiger partial charge in [0.2, 0.25) is 0 Å². The van der Waals surface area contributed by atoms with E-state index in [2.05, 4.69) is 21.9 Å². The third-order valence-electron chi connectivity index (χ3n) is 3.49. The van der Waals surface area contributed by atoms with Crippen molar-refractivity contribution in [1.29, 1.82) is 0 Å². The Morgan fingerprint density at radius 1 is 1.35 bits per heavy atom. The second kappa shape index (κ2) is 13.0. The summed E-state index contributed by atoms with van der Waals surface area (Å²) in [6.45, 7) is 4.68. The Hall–Kier alpha value is 0.310. The van der Waals surface area contributed by atoms with Crippen molar-refractivity contribution in [1.82, 2.24) is 10.6 Å². The second-order valence-corrected chi connectivity index (χ2v) is 6.05. The lowest BCUT2D eigenvalue weighted by molar-refractivity contribution is 0.143. The number of guanidine groups is 1.